The fourth-order valence-corrected chi connectivity index (χ4v) is 3.59. The first kappa shape index (κ1) is 15.5. The molecule has 0 saturated heterocycles. The van der Waals surface area contributed by atoms with Crippen LogP contribution >= 0.6 is 0 Å². The molecule has 1 amide bonds. The first-order valence-electron chi connectivity index (χ1n) is 7.39. The summed E-state index contributed by atoms with van der Waals surface area (Å²) in [6, 6.07) is 9.57. The van der Waals surface area contributed by atoms with Crippen LogP contribution in [0.4, 0.5) is 5.69 Å². The van der Waals surface area contributed by atoms with Crippen LogP contribution in [-0.2, 0) is 10.0 Å². The Balaban J connectivity index is 1.88. The maximum Gasteiger partial charge on any atom is 0.262 e. The Hall–Kier alpha value is -2.41. The summed E-state index contributed by atoms with van der Waals surface area (Å²) in [5.74, 6) is -0.359. The number of sulfonamides is 1. The summed E-state index contributed by atoms with van der Waals surface area (Å²) in [6.45, 7) is 0. The maximum atomic E-state index is 12.6. The molecule has 0 radical (unpaired) electrons. The van der Waals surface area contributed by atoms with Gasteiger partial charge < -0.3 is 5.32 Å². The minimum atomic E-state index is -3.86. The molecule has 7 heteroatoms. The molecule has 1 aliphatic rings. The Morgan fingerprint density at radius 2 is 1.91 bits per heavy atom. The van der Waals surface area contributed by atoms with E-state index in [1.54, 1.807) is 30.5 Å². The molecule has 23 heavy (non-hydrogen) atoms. The quantitative estimate of drug-likeness (QED) is 0.879. The van der Waals surface area contributed by atoms with Gasteiger partial charge in [0, 0.05) is 12.2 Å². The summed E-state index contributed by atoms with van der Waals surface area (Å²) in [4.78, 5) is 16.2. The molecule has 3 rings (SSSR count). The van der Waals surface area contributed by atoms with Gasteiger partial charge in [0.2, 0.25) is 0 Å². The van der Waals surface area contributed by atoms with E-state index in [-0.39, 0.29) is 22.4 Å². The van der Waals surface area contributed by atoms with Crippen LogP contribution < -0.4 is 10.0 Å². The smallest absolute Gasteiger partial charge is 0.262 e. The number of hydrogen-bond donors (Lipinski definition) is 2. The van der Waals surface area contributed by atoms with Crippen molar-refractivity contribution in [3.63, 3.8) is 0 Å². The largest absolute Gasteiger partial charge is 0.349 e. The van der Waals surface area contributed by atoms with E-state index in [4.69, 9.17) is 0 Å². The van der Waals surface area contributed by atoms with Crippen LogP contribution in [0.25, 0.3) is 0 Å². The lowest BCUT2D eigenvalue weighted by atomic mass is 9.93. The molecule has 1 heterocycles. The van der Waals surface area contributed by atoms with Crippen LogP contribution in [0, 0.1) is 0 Å². The Morgan fingerprint density at radius 3 is 2.57 bits per heavy atom. The Labute approximate surface area is 135 Å². The second-order valence-corrected chi connectivity index (χ2v) is 7.10. The van der Waals surface area contributed by atoms with Crippen molar-refractivity contribution in [1.29, 1.82) is 0 Å². The summed E-state index contributed by atoms with van der Waals surface area (Å²) in [7, 11) is -3.86. The fraction of sp³-hybridized carbons (Fsp3) is 0.250. The van der Waals surface area contributed by atoms with Crippen LogP contribution in [-0.4, -0.2) is 25.4 Å². The third-order valence-electron chi connectivity index (χ3n) is 3.78. The maximum absolute atomic E-state index is 12.6. The zero-order valence-electron chi connectivity index (χ0n) is 12.4. The van der Waals surface area contributed by atoms with E-state index in [9.17, 15) is 13.2 Å². The van der Waals surface area contributed by atoms with Crippen molar-refractivity contribution in [3.8, 4) is 0 Å². The fourth-order valence-electron chi connectivity index (χ4n) is 2.34. The van der Waals surface area contributed by atoms with Crippen LogP contribution in [0.1, 0.15) is 29.6 Å². The van der Waals surface area contributed by atoms with Crippen molar-refractivity contribution in [3.05, 3.63) is 54.4 Å². The van der Waals surface area contributed by atoms with E-state index >= 15 is 0 Å². The van der Waals surface area contributed by atoms with Crippen molar-refractivity contribution < 1.29 is 13.2 Å². The highest BCUT2D eigenvalue weighted by molar-refractivity contribution is 7.92. The molecule has 6 nitrogen and oxygen atoms in total. The van der Waals surface area contributed by atoms with Crippen molar-refractivity contribution in [2.75, 3.05) is 4.72 Å². The Kier molecular flexibility index (Phi) is 4.29. The first-order valence-corrected chi connectivity index (χ1v) is 8.87. The number of nitrogens with zero attached hydrogens (tertiary/aromatic N) is 1. The molecule has 2 aromatic rings. The van der Waals surface area contributed by atoms with E-state index in [2.05, 4.69) is 15.0 Å². The standard InChI is InChI=1S/C16H17N3O3S/c20-16(18-12-5-3-6-12)14-8-1-2-9-15(14)23(21,22)19-13-7-4-10-17-11-13/h1-2,4,7-12,19H,3,5-6H2,(H,18,20). The number of pyridine rings is 1. The van der Waals surface area contributed by atoms with Gasteiger partial charge in [-0.1, -0.05) is 12.1 Å². The lowest BCUT2D eigenvalue weighted by Crippen LogP contribution is -2.40. The number of carbonyl (C=O) groups excluding carboxylic acids is 1. The molecule has 1 aromatic heterocycles. The van der Waals surface area contributed by atoms with Gasteiger partial charge in [0.25, 0.3) is 15.9 Å². The monoisotopic (exact) mass is 331 g/mol. The zero-order chi connectivity index (χ0) is 16.3. The topological polar surface area (TPSA) is 88.2 Å². The Bertz CT molecular complexity index is 802. The number of hydrogen-bond acceptors (Lipinski definition) is 4. The third kappa shape index (κ3) is 3.50. The number of benzene rings is 1. The number of aromatic nitrogens is 1. The molecule has 0 spiro atoms. The van der Waals surface area contributed by atoms with Crippen molar-refractivity contribution in [2.24, 2.45) is 0 Å². The average Bonchev–Trinajstić information content (AvgIpc) is 2.51. The van der Waals surface area contributed by atoms with Crippen LogP contribution in [0.2, 0.25) is 0 Å². The summed E-state index contributed by atoms with van der Waals surface area (Å²) < 4.78 is 27.6. The SMILES string of the molecule is O=C(NC1CCC1)c1ccccc1S(=O)(=O)Nc1cccnc1. The number of anilines is 1. The number of amides is 1. The van der Waals surface area contributed by atoms with Gasteiger partial charge in [-0.25, -0.2) is 8.42 Å². The molecule has 1 fully saturated rings. The minimum Gasteiger partial charge on any atom is -0.349 e. The highest BCUT2D eigenvalue weighted by atomic mass is 32.2. The first-order chi connectivity index (χ1) is 11.1. The van der Waals surface area contributed by atoms with Gasteiger partial charge in [-0.05, 0) is 43.5 Å². The van der Waals surface area contributed by atoms with E-state index in [0.29, 0.717) is 5.69 Å². The number of rotatable bonds is 5. The normalized spacial score (nSPS) is 14.8. The lowest BCUT2D eigenvalue weighted by molar-refractivity contribution is 0.0913. The predicted molar refractivity (Wildman–Crippen MR) is 86.6 cm³/mol. The molecule has 120 valence electrons. The molecule has 0 aliphatic heterocycles. The van der Waals surface area contributed by atoms with Gasteiger partial charge in [0.15, 0.2) is 0 Å². The molecule has 0 bridgehead atoms. The van der Waals surface area contributed by atoms with E-state index < -0.39 is 10.0 Å². The van der Waals surface area contributed by atoms with Gasteiger partial charge in [0.05, 0.1) is 17.4 Å². The molecule has 1 aromatic carbocycles. The zero-order valence-corrected chi connectivity index (χ0v) is 13.2. The summed E-state index contributed by atoms with van der Waals surface area (Å²) in [5.41, 5.74) is 0.498. The highest BCUT2D eigenvalue weighted by Gasteiger charge is 2.25. The summed E-state index contributed by atoms with van der Waals surface area (Å²) in [6.07, 6.45) is 5.93. The summed E-state index contributed by atoms with van der Waals surface area (Å²) >= 11 is 0. The number of carbonyl (C=O) groups is 1. The molecule has 1 aliphatic carbocycles. The minimum absolute atomic E-state index is 0.0410. The third-order valence-corrected chi connectivity index (χ3v) is 5.21. The molecule has 2 N–H and O–H groups in total. The molecule has 0 unspecified atom stereocenters. The molecular formula is C16H17N3O3S. The van der Waals surface area contributed by atoms with Crippen molar-refractivity contribution in [2.45, 2.75) is 30.2 Å². The van der Waals surface area contributed by atoms with Gasteiger partial charge in [-0.15, -0.1) is 0 Å². The number of nitrogens with one attached hydrogen (secondary N) is 2. The van der Waals surface area contributed by atoms with Crippen molar-refractivity contribution in [1.82, 2.24) is 10.3 Å². The highest BCUT2D eigenvalue weighted by Crippen LogP contribution is 2.22. The van der Waals surface area contributed by atoms with Crippen LogP contribution in [0.5, 0.6) is 0 Å². The van der Waals surface area contributed by atoms with E-state index in [0.717, 1.165) is 19.3 Å². The van der Waals surface area contributed by atoms with Gasteiger partial charge in [0.1, 0.15) is 4.90 Å². The summed E-state index contributed by atoms with van der Waals surface area (Å²) in [5, 5.41) is 2.87. The second kappa shape index (κ2) is 6.37. The van der Waals surface area contributed by atoms with E-state index in [1.165, 1.54) is 18.3 Å². The van der Waals surface area contributed by atoms with Gasteiger partial charge in [-0.2, -0.15) is 0 Å². The van der Waals surface area contributed by atoms with Gasteiger partial charge >= 0.3 is 0 Å². The van der Waals surface area contributed by atoms with E-state index in [1.807, 2.05) is 0 Å². The average molecular weight is 331 g/mol. The van der Waals surface area contributed by atoms with Crippen LogP contribution in [0.3, 0.4) is 0 Å². The van der Waals surface area contributed by atoms with Crippen molar-refractivity contribution >= 4 is 21.6 Å². The van der Waals surface area contributed by atoms with Gasteiger partial charge in [-0.3, -0.25) is 14.5 Å². The second-order valence-electron chi connectivity index (χ2n) is 5.44. The molecular weight excluding hydrogens is 314 g/mol. The predicted octanol–water partition coefficient (Wildman–Crippen LogP) is 2.16. The van der Waals surface area contributed by atoms with Crippen LogP contribution in [0.15, 0.2) is 53.7 Å². The molecule has 0 atom stereocenters. The lowest BCUT2D eigenvalue weighted by Gasteiger charge is -2.26. The Morgan fingerprint density at radius 1 is 1.13 bits per heavy atom. The molecule has 1 saturated carbocycles.